The summed E-state index contributed by atoms with van der Waals surface area (Å²) in [6.07, 6.45) is 3.95. The van der Waals surface area contributed by atoms with Crippen molar-refractivity contribution in [2.24, 2.45) is 17.8 Å². The average Bonchev–Trinajstić information content (AvgIpc) is 2.39. The molecule has 0 aliphatic heterocycles. The lowest BCUT2D eigenvalue weighted by Crippen LogP contribution is -2.36. The van der Waals surface area contributed by atoms with Crippen molar-refractivity contribution >= 4 is 5.97 Å². The van der Waals surface area contributed by atoms with Gasteiger partial charge in [-0.3, -0.25) is 4.79 Å². The van der Waals surface area contributed by atoms with E-state index in [1.54, 1.807) is 0 Å². The van der Waals surface area contributed by atoms with Crippen LogP contribution in [0.2, 0.25) is 0 Å². The van der Waals surface area contributed by atoms with E-state index in [-0.39, 0.29) is 12.1 Å². The van der Waals surface area contributed by atoms with E-state index in [0.717, 1.165) is 12.0 Å². The molecule has 1 fully saturated rings. The maximum absolute atomic E-state index is 12.1. The Hall–Kier alpha value is -1.31. The number of hydrogen-bond donors (Lipinski definition) is 0. The molecule has 2 heteroatoms. The molecule has 0 aromatic heterocycles. The van der Waals surface area contributed by atoms with Gasteiger partial charge < -0.3 is 4.74 Å². The summed E-state index contributed by atoms with van der Waals surface area (Å²) >= 11 is 0. The Morgan fingerprint density at radius 1 is 1.25 bits per heavy atom. The van der Waals surface area contributed by atoms with Gasteiger partial charge >= 0.3 is 5.97 Å². The number of ether oxygens (including phenoxy) is 1. The minimum Gasteiger partial charge on any atom is -0.462 e. The fraction of sp³-hybridized carbons (Fsp3) is 0.611. The second kappa shape index (κ2) is 6.92. The van der Waals surface area contributed by atoms with Gasteiger partial charge in [0.25, 0.3) is 0 Å². The van der Waals surface area contributed by atoms with Crippen LogP contribution >= 0.6 is 0 Å². The van der Waals surface area contributed by atoms with E-state index in [9.17, 15) is 4.79 Å². The summed E-state index contributed by atoms with van der Waals surface area (Å²) < 4.78 is 5.80. The smallest absolute Gasteiger partial charge is 0.310 e. The lowest BCUT2D eigenvalue weighted by molar-refractivity contribution is -0.155. The van der Waals surface area contributed by atoms with Gasteiger partial charge in [-0.15, -0.1) is 0 Å². The van der Waals surface area contributed by atoms with Crippen LogP contribution in [0.1, 0.15) is 45.6 Å². The molecule has 3 atom stereocenters. The Kier molecular flexibility index (Phi) is 5.22. The number of carbonyl (C=O) groups is 1. The molecule has 2 unspecified atom stereocenters. The Labute approximate surface area is 122 Å². The summed E-state index contributed by atoms with van der Waals surface area (Å²) in [6.45, 7) is 6.73. The normalized spacial score (nSPS) is 26.5. The van der Waals surface area contributed by atoms with Crippen LogP contribution in [0.5, 0.6) is 0 Å². The molecule has 1 saturated carbocycles. The highest BCUT2D eigenvalue weighted by atomic mass is 16.5. The van der Waals surface area contributed by atoms with Crippen LogP contribution in [0.15, 0.2) is 30.3 Å². The maximum atomic E-state index is 12.1. The standard InChI is InChI=1S/C18H26O2/c1-13(2)16-10-9-14(3)11-17(16)20-18(19)12-15-7-5-4-6-8-15/h4-8,13-14,16-17H,9-12H2,1-3H3/t14-,16?,17?/m0/s1. The third-order valence-corrected chi connectivity index (χ3v) is 4.44. The molecule has 110 valence electrons. The predicted molar refractivity (Wildman–Crippen MR) is 81.4 cm³/mol. The second-order valence-corrected chi connectivity index (χ2v) is 6.52. The predicted octanol–water partition coefficient (Wildman–Crippen LogP) is 4.23. The molecule has 0 radical (unpaired) electrons. The van der Waals surface area contributed by atoms with E-state index >= 15 is 0 Å². The molecule has 0 bridgehead atoms. The van der Waals surface area contributed by atoms with Gasteiger partial charge in [0.05, 0.1) is 6.42 Å². The monoisotopic (exact) mass is 274 g/mol. The zero-order valence-electron chi connectivity index (χ0n) is 12.8. The van der Waals surface area contributed by atoms with E-state index in [0.29, 0.717) is 24.2 Å². The summed E-state index contributed by atoms with van der Waals surface area (Å²) in [5.41, 5.74) is 1.03. The molecule has 0 N–H and O–H groups in total. The van der Waals surface area contributed by atoms with Crippen LogP contribution in [0.25, 0.3) is 0 Å². The van der Waals surface area contributed by atoms with Crippen LogP contribution in [-0.2, 0) is 16.0 Å². The van der Waals surface area contributed by atoms with Crippen molar-refractivity contribution in [3.05, 3.63) is 35.9 Å². The first-order valence-electron chi connectivity index (χ1n) is 7.79. The van der Waals surface area contributed by atoms with Gasteiger partial charge in [0, 0.05) is 0 Å². The third kappa shape index (κ3) is 4.09. The number of benzene rings is 1. The molecule has 0 saturated heterocycles. The van der Waals surface area contributed by atoms with Gasteiger partial charge in [0.15, 0.2) is 0 Å². The molecule has 0 heterocycles. The SMILES string of the molecule is CC(C)C1CC[C@H](C)CC1OC(=O)Cc1ccccc1. The Morgan fingerprint density at radius 3 is 2.60 bits per heavy atom. The first-order chi connectivity index (χ1) is 9.56. The molecule has 1 aromatic rings. The van der Waals surface area contributed by atoms with Crippen molar-refractivity contribution in [3.8, 4) is 0 Å². The van der Waals surface area contributed by atoms with Gasteiger partial charge in [-0.2, -0.15) is 0 Å². The molecule has 1 aliphatic rings. The Balaban J connectivity index is 1.94. The van der Waals surface area contributed by atoms with Crippen molar-refractivity contribution in [1.82, 2.24) is 0 Å². The van der Waals surface area contributed by atoms with Crippen LogP contribution in [0, 0.1) is 17.8 Å². The van der Waals surface area contributed by atoms with Gasteiger partial charge in [-0.1, -0.05) is 57.5 Å². The minimum absolute atomic E-state index is 0.0825. The third-order valence-electron chi connectivity index (χ3n) is 4.44. The number of rotatable bonds is 4. The summed E-state index contributed by atoms with van der Waals surface area (Å²) in [5, 5.41) is 0. The highest BCUT2D eigenvalue weighted by molar-refractivity contribution is 5.72. The first kappa shape index (κ1) is 15.1. The highest BCUT2D eigenvalue weighted by Crippen LogP contribution is 2.35. The average molecular weight is 274 g/mol. The van der Waals surface area contributed by atoms with Gasteiger partial charge in [0.1, 0.15) is 6.10 Å². The summed E-state index contributed by atoms with van der Waals surface area (Å²) in [7, 11) is 0. The lowest BCUT2D eigenvalue weighted by Gasteiger charge is -2.36. The quantitative estimate of drug-likeness (QED) is 0.768. The van der Waals surface area contributed by atoms with E-state index < -0.39 is 0 Å². The zero-order chi connectivity index (χ0) is 14.5. The molecule has 0 amide bonds. The van der Waals surface area contributed by atoms with Crippen molar-refractivity contribution in [2.75, 3.05) is 0 Å². The lowest BCUT2D eigenvalue weighted by atomic mass is 9.75. The topological polar surface area (TPSA) is 26.3 Å². The minimum atomic E-state index is -0.0825. The largest absolute Gasteiger partial charge is 0.462 e. The van der Waals surface area contributed by atoms with E-state index in [1.165, 1.54) is 12.8 Å². The summed E-state index contributed by atoms with van der Waals surface area (Å²) in [5.74, 6) is 1.68. The molecule has 0 spiro atoms. The number of carbonyl (C=O) groups excluding carboxylic acids is 1. The Morgan fingerprint density at radius 2 is 1.95 bits per heavy atom. The molecule has 1 aliphatic carbocycles. The Bertz CT molecular complexity index is 424. The van der Waals surface area contributed by atoms with Crippen LogP contribution < -0.4 is 0 Å². The van der Waals surface area contributed by atoms with Crippen LogP contribution in [0.3, 0.4) is 0 Å². The first-order valence-corrected chi connectivity index (χ1v) is 7.79. The molecule has 1 aromatic carbocycles. The van der Waals surface area contributed by atoms with Crippen LogP contribution in [-0.4, -0.2) is 12.1 Å². The number of esters is 1. The highest BCUT2D eigenvalue weighted by Gasteiger charge is 2.33. The van der Waals surface area contributed by atoms with Crippen molar-refractivity contribution < 1.29 is 9.53 Å². The molecular weight excluding hydrogens is 248 g/mol. The summed E-state index contributed by atoms with van der Waals surface area (Å²) in [4.78, 5) is 12.1. The van der Waals surface area contributed by atoms with Crippen LogP contribution in [0.4, 0.5) is 0 Å². The second-order valence-electron chi connectivity index (χ2n) is 6.52. The zero-order valence-corrected chi connectivity index (χ0v) is 12.8. The van der Waals surface area contributed by atoms with Crippen molar-refractivity contribution in [2.45, 2.75) is 52.6 Å². The molecular formula is C18H26O2. The van der Waals surface area contributed by atoms with Gasteiger partial charge in [0.2, 0.25) is 0 Å². The maximum Gasteiger partial charge on any atom is 0.310 e. The van der Waals surface area contributed by atoms with E-state index in [2.05, 4.69) is 20.8 Å². The molecule has 2 rings (SSSR count). The fourth-order valence-corrected chi connectivity index (χ4v) is 3.22. The molecule has 20 heavy (non-hydrogen) atoms. The molecule has 2 nitrogen and oxygen atoms in total. The fourth-order valence-electron chi connectivity index (χ4n) is 3.22. The van der Waals surface area contributed by atoms with E-state index in [1.807, 2.05) is 30.3 Å². The van der Waals surface area contributed by atoms with Crippen molar-refractivity contribution in [3.63, 3.8) is 0 Å². The van der Waals surface area contributed by atoms with Gasteiger partial charge in [-0.05, 0) is 36.2 Å². The number of hydrogen-bond acceptors (Lipinski definition) is 2. The van der Waals surface area contributed by atoms with Gasteiger partial charge in [-0.25, -0.2) is 0 Å². The van der Waals surface area contributed by atoms with Crippen molar-refractivity contribution in [1.29, 1.82) is 0 Å². The van der Waals surface area contributed by atoms with E-state index in [4.69, 9.17) is 4.74 Å². The summed E-state index contributed by atoms with van der Waals surface area (Å²) in [6, 6.07) is 9.84.